The molecule has 0 radical (unpaired) electrons. The second-order valence-electron chi connectivity index (χ2n) is 6.93. The van der Waals surface area contributed by atoms with E-state index in [1.165, 1.54) is 6.07 Å². The average molecular weight is 350 g/mol. The van der Waals surface area contributed by atoms with Crippen LogP contribution in [0.3, 0.4) is 0 Å². The third-order valence-electron chi connectivity index (χ3n) is 4.98. The molecule has 0 spiro atoms. The lowest BCUT2D eigenvalue weighted by atomic mass is 10.0. The van der Waals surface area contributed by atoms with Gasteiger partial charge in [-0.05, 0) is 43.9 Å². The molecule has 0 bridgehead atoms. The highest BCUT2D eigenvalue weighted by Crippen LogP contribution is 2.24. The van der Waals surface area contributed by atoms with Crippen molar-refractivity contribution in [2.45, 2.75) is 38.9 Å². The molecule has 3 aromatic rings. The summed E-state index contributed by atoms with van der Waals surface area (Å²) in [5.74, 6) is 1.52. The van der Waals surface area contributed by atoms with Gasteiger partial charge in [0, 0.05) is 18.2 Å². The molecule has 1 aromatic heterocycles. The molecule has 26 heavy (non-hydrogen) atoms. The monoisotopic (exact) mass is 350 g/mol. The van der Waals surface area contributed by atoms with Crippen LogP contribution < -0.4 is 0 Å². The van der Waals surface area contributed by atoms with Crippen molar-refractivity contribution in [2.75, 3.05) is 6.54 Å². The molecule has 0 amide bonds. The third-order valence-corrected chi connectivity index (χ3v) is 4.98. The number of aromatic nitrogens is 3. The summed E-state index contributed by atoms with van der Waals surface area (Å²) in [6, 6.07) is 17.5. The molecule has 2 heterocycles. The van der Waals surface area contributed by atoms with Gasteiger partial charge in [0.05, 0.1) is 6.67 Å². The molecule has 4 rings (SSSR count). The predicted molar refractivity (Wildman–Crippen MR) is 100 cm³/mol. The maximum atomic E-state index is 13.5. The van der Waals surface area contributed by atoms with Crippen molar-refractivity contribution < 1.29 is 4.39 Å². The summed E-state index contributed by atoms with van der Waals surface area (Å²) in [4.78, 5) is 7.06. The fraction of sp³-hybridized carbons (Fsp3) is 0.333. The molecule has 0 aliphatic carbocycles. The lowest BCUT2D eigenvalue weighted by Gasteiger charge is -2.25. The first-order valence-electron chi connectivity index (χ1n) is 9.14. The van der Waals surface area contributed by atoms with Crippen molar-refractivity contribution >= 4 is 0 Å². The number of halogens is 1. The van der Waals surface area contributed by atoms with E-state index in [0.29, 0.717) is 12.7 Å². The Bertz CT molecular complexity index is 875. The Hall–Kier alpha value is -2.53. The molecule has 5 heteroatoms. The highest BCUT2D eigenvalue weighted by atomic mass is 19.1. The fourth-order valence-corrected chi connectivity index (χ4v) is 3.78. The SMILES string of the molecule is Cc1nc(-c2ccccc2)n(CN2CCCC2Cc2cccc(F)c2)n1. The minimum atomic E-state index is -0.162. The van der Waals surface area contributed by atoms with Crippen molar-refractivity contribution in [3.05, 3.63) is 71.8 Å². The van der Waals surface area contributed by atoms with E-state index in [1.54, 1.807) is 12.1 Å². The molecule has 1 aliphatic heterocycles. The highest BCUT2D eigenvalue weighted by Gasteiger charge is 2.26. The highest BCUT2D eigenvalue weighted by molar-refractivity contribution is 5.54. The van der Waals surface area contributed by atoms with Crippen LogP contribution in [0.1, 0.15) is 24.2 Å². The van der Waals surface area contributed by atoms with Gasteiger partial charge < -0.3 is 0 Å². The zero-order chi connectivity index (χ0) is 17.9. The van der Waals surface area contributed by atoms with Gasteiger partial charge in [-0.15, -0.1) is 0 Å². The summed E-state index contributed by atoms with van der Waals surface area (Å²) >= 11 is 0. The third kappa shape index (κ3) is 3.68. The van der Waals surface area contributed by atoms with Crippen LogP contribution in [0.2, 0.25) is 0 Å². The van der Waals surface area contributed by atoms with Crippen LogP contribution in [-0.2, 0) is 13.1 Å². The van der Waals surface area contributed by atoms with E-state index in [9.17, 15) is 4.39 Å². The normalized spacial score (nSPS) is 17.7. The van der Waals surface area contributed by atoms with Gasteiger partial charge in [0.25, 0.3) is 0 Å². The van der Waals surface area contributed by atoms with E-state index in [2.05, 4.69) is 27.1 Å². The van der Waals surface area contributed by atoms with Gasteiger partial charge in [0.2, 0.25) is 0 Å². The molecule has 134 valence electrons. The standard InChI is InChI=1S/C21H23FN4/c1-16-23-21(18-8-3-2-4-9-18)26(24-16)15-25-12-6-11-20(25)14-17-7-5-10-19(22)13-17/h2-5,7-10,13,20H,6,11-12,14-15H2,1H3. The Morgan fingerprint density at radius 2 is 1.96 bits per heavy atom. The molecule has 0 N–H and O–H groups in total. The van der Waals surface area contributed by atoms with E-state index in [4.69, 9.17) is 0 Å². The first kappa shape index (κ1) is 16.9. The molecular weight excluding hydrogens is 327 g/mol. The molecule has 1 aliphatic rings. The summed E-state index contributed by atoms with van der Waals surface area (Å²) in [5, 5.41) is 4.61. The number of benzene rings is 2. The predicted octanol–water partition coefficient (Wildman–Crippen LogP) is 4.06. The van der Waals surface area contributed by atoms with Crippen LogP contribution in [0, 0.1) is 12.7 Å². The zero-order valence-electron chi connectivity index (χ0n) is 15.0. The number of hydrogen-bond acceptors (Lipinski definition) is 3. The molecule has 4 nitrogen and oxygen atoms in total. The van der Waals surface area contributed by atoms with Gasteiger partial charge in [-0.3, -0.25) is 4.90 Å². The summed E-state index contributed by atoms with van der Waals surface area (Å²) in [6.45, 7) is 3.68. The summed E-state index contributed by atoms with van der Waals surface area (Å²) in [6.07, 6.45) is 3.16. The van der Waals surface area contributed by atoms with Crippen LogP contribution >= 0.6 is 0 Å². The van der Waals surface area contributed by atoms with Crippen molar-refractivity contribution in [1.29, 1.82) is 0 Å². The Kier molecular flexibility index (Phi) is 4.80. The van der Waals surface area contributed by atoms with Crippen molar-refractivity contribution in [2.24, 2.45) is 0 Å². The lowest BCUT2D eigenvalue weighted by molar-refractivity contribution is 0.190. The number of aryl methyl sites for hydroxylation is 1. The van der Waals surface area contributed by atoms with Gasteiger partial charge in [0.15, 0.2) is 5.82 Å². The maximum absolute atomic E-state index is 13.5. The van der Waals surface area contributed by atoms with E-state index in [0.717, 1.165) is 48.6 Å². The average Bonchev–Trinajstić information content (AvgIpc) is 3.22. The minimum absolute atomic E-state index is 0.162. The number of hydrogen-bond donors (Lipinski definition) is 0. The molecule has 0 saturated carbocycles. The van der Waals surface area contributed by atoms with Gasteiger partial charge in [-0.1, -0.05) is 42.5 Å². The Balaban J connectivity index is 1.53. The first-order valence-corrected chi connectivity index (χ1v) is 9.14. The van der Waals surface area contributed by atoms with E-state index in [-0.39, 0.29) is 5.82 Å². The van der Waals surface area contributed by atoms with E-state index < -0.39 is 0 Å². The Morgan fingerprint density at radius 3 is 2.77 bits per heavy atom. The van der Waals surface area contributed by atoms with Crippen LogP contribution in [0.15, 0.2) is 54.6 Å². The van der Waals surface area contributed by atoms with Crippen LogP contribution in [0.4, 0.5) is 4.39 Å². The summed E-state index contributed by atoms with van der Waals surface area (Å²) in [7, 11) is 0. The molecule has 1 unspecified atom stereocenters. The van der Waals surface area contributed by atoms with Gasteiger partial charge >= 0.3 is 0 Å². The molecule has 2 aromatic carbocycles. The minimum Gasteiger partial charge on any atom is -0.281 e. The number of nitrogens with zero attached hydrogens (tertiary/aromatic N) is 4. The second-order valence-corrected chi connectivity index (χ2v) is 6.93. The summed E-state index contributed by atoms with van der Waals surface area (Å²) in [5.41, 5.74) is 2.13. The maximum Gasteiger partial charge on any atom is 0.159 e. The molecular formula is C21H23FN4. The quantitative estimate of drug-likeness (QED) is 0.696. The van der Waals surface area contributed by atoms with E-state index >= 15 is 0 Å². The molecule has 1 atom stereocenters. The largest absolute Gasteiger partial charge is 0.281 e. The number of likely N-dealkylation sites (tertiary alicyclic amines) is 1. The van der Waals surface area contributed by atoms with Crippen molar-refractivity contribution in [3.63, 3.8) is 0 Å². The summed E-state index contributed by atoms with van der Waals surface area (Å²) < 4.78 is 15.5. The molecule has 1 saturated heterocycles. The fourth-order valence-electron chi connectivity index (χ4n) is 3.78. The zero-order valence-corrected chi connectivity index (χ0v) is 15.0. The topological polar surface area (TPSA) is 34.0 Å². The lowest BCUT2D eigenvalue weighted by Crippen LogP contribution is -2.33. The Morgan fingerprint density at radius 1 is 1.12 bits per heavy atom. The Labute approximate surface area is 153 Å². The van der Waals surface area contributed by atoms with Crippen LogP contribution in [0.5, 0.6) is 0 Å². The van der Waals surface area contributed by atoms with E-state index in [1.807, 2.05) is 35.9 Å². The molecule has 1 fully saturated rings. The van der Waals surface area contributed by atoms with Gasteiger partial charge in [0.1, 0.15) is 11.6 Å². The van der Waals surface area contributed by atoms with Gasteiger partial charge in [-0.2, -0.15) is 5.10 Å². The van der Waals surface area contributed by atoms with Crippen molar-refractivity contribution in [1.82, 2.24) is 19.7 Å². The van der Waals surface area contributed by atoms with Crippen molar-refractivity contribution in [3.8, 4) is 11.4 Å². The smallest absolute Gasteiger partial charge is 0.159 e. The number of rotatable bonds is 5. The van der Waals surface area contributed by atoms with Crippen LogP contribution in [-0.4, -0.2) is 32.3 Å². The first-order chi connectivity index (χ1) is 12.7. The second kappa shape index (κ2) is 7.38. The van der Waals surface area contributed by atoms with Gasteiger partial charge in [-0.25, -0.2) is 14.1 Å². The van der Waals surface area contributed by atoms with Crippen LogP contribution in [0.25, 0.3) is 11.4 Å².